The maximum absolute atomic E-state index is 5.26. The minimum atomic E-state index is 0.575. The normalized spacial score (nSPS) is 19.1. The molecule has 2 heteroatoms. The van der Waals surface area contributed by atoms with E-state index in [2.05, 4.69) is 12.2 Å². The van der Waals surface area contributed by atoms with E-state index in [-0.39, 0.29) is 0 Å². The van der Waals surface area contributed by atoms with Crippen LogP contribution in [0.15, 0.2) is 0 Å². The third-order valence-corrected chi connectivity index (χ3v) is 3.73. The van der Waals surface area contributed by atoms with Gasteiger partial charge < -0.3 is 10.1 Å². The van der Waals surface area contributed by atoms with Crippen LogP contribution >= 0.6 is 0 Å². The zero-order valence-electron chi connectivity index (χ0n) is 11.1. The molecule has 1 atom stereocenters. The van der Waals surface area contributed by atoms with Gasteiger partial charge in [0, 0.05) is 13.2 Å². The molecular formula is C14H29NO. The summed E-state index contributed by atoms with van der Waals surface area (Å²) in [4.78, 5) is 0. The molecule has 0 radical (unpaired) electrons. The summed E-state index contributed by atoms with van der Waals surface area (Å²) in [5.41, 5.74) is 0. The molecule has 96 valence electrons. The van der Waals surface area contributed by atoms with E-state index in [4.69, 9.17) is 4.74 Å². The molecule has 0 heterocycles. The van der Waals surface area contributed by atoms with Crippen LogP contribution in [0.4, 0.5) is 0 Å². The van der Waals surface area contributed by atoms with Crippen LogP contribution in [-0.2, 0) is 4.74 Å². The fourth-order valence-corrected chi connectivity index (χ4v) is 2.69. The lowest BCUT2D eigenvalue weighted by Gasteiger charge is -2.18. The monoisotopic (exact) mass is 227 g/mol. The summed E-state index contributed by atoms with van der Waals surface area (Å²) in [6.07, 6.45) is 11.1. The van der Waals surface area contributed by atoms with Gasteiger partial charge in [-0.15, -0.1) is 0 Å². The van der Waals surface area contributed by atoms with Gasteiger partial charge in [0.05, 0.1) is 6.61 Å². The van der Waals surface area contributed by atoms with E-state index >= 15 is 0 Å². The lowest BCUT2D eigenvalue weighted by molar-refractivity contribution is 0.160. The summed E-state index contributed by atoms with van der Waals surface area (Å²) in [6, 6.07) is 0.575. The molecule has 0 bridgehead atoms. The quantitative estimate of drug-likeness (QED) is 0.652. The maximum Gasteiger partial charge on any atom is 0.0615 e. The van der Waals surface area contributed by atoms with Crippen LogP contribution in [-0.4, -0.2) is 26.3 Å². The van der Waals surface area contributed by atoms with E-state index in [1.165, 1.54) is 57.9 Å². The smallest absolute Gasteiger partial charge is 0.0615 e. The fraction of sp³-hybridized carbons (Fsp3) is 1.00. The molecule has 1 fully saturated rings. The molecule has 1 rings (SSSR count). The van der Waals surface area contributed by atoms with Crippen LogP contribution in [0.5, 0.6) is 0 Å². The summed E-state index contributed by atoms with van der Waals surface area (Å²) in [5.74, 6) is 1.00. The molecule has 0 aliphatic heterocycles. The third-order valence-electron chi connectivity index (χ3n) is 3.73. The van der Waals surface area contributed by atoms with Gasteiger partial charge in [0.2, 0.25) is 0 Å². The van der Waals surface area contributed by atoms with Crippen molar-refractivity contribution in [3.63, 3.8) is 0 Å². The zero-order valence-corrected chi connectivity index (χ0v) is 11.1. The largest absolute Gasteiger partial charge is 0.383 e. The van der Waals surface area contributed by atoms with Crippen LogP contribution in [0.1, 0.15) is 58.3 Å². The van der Waals surface area contributed by atoms with Gasteiger partial charge in [0.1, 0.15) is 0 Å². The molecule has 2 nitrogen and oxygen atoms in total. The van der Waals surface area contributed by atoms with Crippen molar-refractivity contribution in [1.29, 1.82) is 0 Å². The molecule has 0 aromatic carbocycles. The van der Waals surface area contributed by atoms with Gasteiger partial charge in [-0.25, -0.2) is 0 Å². The van der Waals surface area contributed by atoms with Gasteiger partial charge in [-0.3, -0.25) is 0 Å². The molecule has 1 aliphatic rings. The molecule has 0 aromatic heterocycles. The molecule has 1 aliphatic carbocycles. The van der Waals surface area contributed by atoms with Crippen molar-refractivity contribution >= 4 is 0 Å². The first-order valence-corrected chi connectivity index (χ1v) is 7.09. The van der Waals surface area contributed by atoms with Gasteiger partial charge in [-0.2, -0.15) is 0 Å². The first-order valence-electron chi connectivity index (χ1n) is 7.09. The van der Waals surface area contributed by atoms with Crippen molar-refractivity contribution in [3.05, 3.63) is 0 Å². The van der Waals surface area contributed by atoms with Crippen LogP contribution in [0.2, 0.25) is 0 Å². The van der Waals surface area contributed by atoms with E-state index in [0.717, 1.165) is 12.5 Å². The number of methoxy groups -OCH3 is 1. The SMILES string of the molecule is CCCCC(COC)NCCC1CCCC1. The predicted octanol–water partition coefficient (Wildman–Crippen LogP) is 3.36. The van der Waals surface area contributed by atoms with Crippen molar-refractivity contribution in [1.82, 2.24) is 5.32 Å². The Morgan fingerprint density at radius 1 is 1.31 bits per heavy atom. The third kappa shape index (κ3) is 5.86. The minimum absolute atomic E-state index is 0.575. The number of rotatable bonds is 9. The highest BCUT2D eigenvalue weighted by molar-refractivity contribution is 4.71. The minimum Gasteiger partial charge on any atom is -0.383 e. The fourth-order valence-electron chi connectivity index (χ4n) is 2.69. The van der Waals surface area contributed by atoms with E-state index in [1.54, 1.807) is 7.11 Å². The summed E-state index contributed by atoms with van der Waals surface area (Å²) in [5, 5.41) is 3.66. The van der Waals surface area contributed by atoms with E-state index in [1.807, 2.05) is 0 Å². The lowest BCUT2D eigenvalue weighted by atomic mass is 10.0. The average molecular weight is 227 g/mol. The van der Waals surface area contributed by atoms with Crippen molar-refractivity contribution < 1.29 is 4.74 Å². The van der Waals surface area contributed by atoms with Gasteiger partial charge in [0.25, 0.3) is 0 Å². The van der Waals surface area contributed by atoms with Crippen LogP contribution in [0.25, 0.3) is 0 Å². The second-order valence-electron chi connectivity index (χ2n) is 5.19. The topological polar surface area (TPSA) is 21.3 Å². The maximum atomic E-state index is 5.26. The second kappa shape index (κ2) is 9.00. The highest BCUT2D eigenvalue weighted by Crippen LogP contribution is 2.26. The van der Waals surface area contributed by atoms with Crippen LogP contribution in [0.3, 0.4) is 0 Å². The number of ether oxygens (including phenoxy) is 1. The van der Waals surface area contributed by atoms with Crippen molar-refractivity contribution in [2.45, 2.75) is 64.3 Å². The van der Waals surface area contributed by atoms with Crippen LogP contribution in [0, 0.1) is 5.92 Å². The van der Waals surface area contributed by atoms with E-state index in [9.17, 15) is 0 Å². The Hall–Kier alpha value is -0.0800. The number of hydrogen-bond acceptors (Lipinski definition) is 2. The molecule has 0 amide bonds. The van der Waals surface area contributed by atoms with Gasteiger partial charge in [0.15, 0.2) is 0 Å². The Bertz CT molecular complexity index is 155. The summed E-state index contributed by atoms with van der Waals surface area (Å²) < 4.78 is 5.26. The highest BCUT2D eigenvalue weighted by atomic mass is 16.5. The predicted molar refractivity (Wildman–Crippen MR) is 69.8 cm³/mol. The number of hydrogen-bond donors (Lipinski definition) is 1. The molecule has 1 unspecified atom stereocenters. The van der Waals surface area contributed by atoms with Crippen LogP contribution < -0.4 is 5.32 Å². The molecular weight excluding hydrogens is 198 g/mol. The second-order valence-corrected chi connectivity index (χ2v) is 5.19. The number of nitrogens with one attached hydrogen (secondary N) is 1. The Balaban J connectivity index is 2.05. The van der Waals surface area contributed by atoms with Crippen molar-refractivity contribution in [2.75, 3.05) is 20.3 Å². The Labute approximate surface area is 101 Å². The first kappa shape index (κ1) is 14.0. The molecule has 1 N–H and O–H groups in total. The van der Waals surface area contributed by atoms with Gasteiger partial charge >= 0.3 is 0 Å². The summed E-state index contributed by atoms with van der Waals surface area (Å²) in [7, 11) is 1.80. The van der Waals surface area contributed by atoms with Crippen molar-refractivity contribution in [3.8, 4) is 0 Å². The summed E-state index contributed by atoms with van der Waals surface area (Å²) >= 11 is 0. The Morgan fingerprint density at radius 3 is 2.69 bits per heavy atom. The summed E-state index contributed by atoms with van der Waals surface area (Å²) in [6.45, 7) is 4.30. The van der Waals surface area contributed by atoms with Crippen molar-refractivity contribution in [2.24, 2.45) is 5.92 Å². The highest BCUT2D eigenvalue weighted by Gasteiger charge is 2.15. The lowest BCUT2D eigenvalue weighted by Crippen LogP contribution is -2.34. The molecule has 0 saturated heterocycles. The Kier molecular flexibility index (Phi) is 7.87. The van der Waals surface area contributed by atoms with Gasteiger partial charge in [-0.05, 0) is 25.3 Å². The van der Waals surface area contributed by atoms with E-state index in [0.29, 0.717) is 6.04 Å². The van der Waals surface area contributed by atoms with E-state index < -0.39 is 0 Å². The average Bonchev–Trinajstić information content (AvgIpc) is 2.79. The molecule has 0 aromatic rings. The molecule has 16 heavy (non-hydrogen) atoms. The van der Waals surface area contributed by atoms with Gasteiger partial charge in [-0.1, -0.05) is 45.4 Å². The standard InChI is InChI=1S/C14H29NO/c1-3-4-9-14(12-16-2)15-11-10-13-7-5-6-8-13/h13-15H,3-12H2,1-2H3. The Morgan fingerprint density at radius 2 is 2.06 bits per heavy atom. The molecule has 1 saturated carbocycles. The first-order chi connectivity index (χ1) is 7.86. The molecule has 0 spiro atoms. The zero-order chi connectivity index (χ0) is 11.6. The number of unbranched alkanes of at least 4 members (excludes halogenated alkanes) is 1.